The first-order valence-corrected chi connectivity index (χ1v) is 11.2. The molecule has 5 rings (SSSR count). The van der Waals surface area contributed by atoms with Crippen molar-refractivity contribution in [3.05, 3.63) is 41.7 Å². The Morgan fingerprint density at radius 3 is 2.78 bits per heavy atom. The van der Waals surface area contributed by atoms with E-state index < -0.39 is 0 Å². The van der Waals surface area contributed by atoms with Crippen LogP contribution in [-0.4, -0.2) is 63.4 Å². The number of rotatable bonds is 4. The van der Waals surface area contributed by atoms with E-state index in [0.29, 0.717) is 17.9 Å². The van der Waals surface area contributed by atoms with Gasteiger partial charge in [-0.2, -0.15) is 0 Å². The number of carbonyl (C=O) groups excluding carboxylic acids is 1. The Balaban J connectivity index is 1.16. The molecule has 1 amide bonds. The van der Waals surface area contributed by atoms with Gasteiger partial charge in [0.25, 0.3) is 0 Å². The molecule has 0 bridgehead atoms. The van der Waals surface area contributed by atoms with Gasteiger partial charge in [0.2, 0.25) is 5.91 Å². The lowest BCUT2D eigenvalue weighted by molar-refractivity contribution is -0.126. The van der Waals surface area contributed by atoms with Crippen molar-refractivity contribution in [1.29, 1.82) is 0 Å². The van der Waals surface area contributed by atoms with Crippen molar-refractivity contribution in [3.63, 3.8) is 0 Å². The number of amides is 1. The van der Waals surface area contributed by atoms with Crippen molar-refractivity contribution in [2.45, 2.75) is 38.6 Å². The maximum absolute atomic E-state index is 14.3. The van der Waals surface area contributed by atoms with Crippen LogP contribution < -0.4 is 15.1 Å². The summed E-state index contributed by atoms with van der Waals surface area (Å²) in [5.41, 5.74) is 2.27. The Morgan fingerprint density at radius 1 is 1.09 bits per heavy atom. The minimum absolute atomic E-state index is 0.0194. The molecule has 1 N–H and O–H groups in total. The molecule has 1 atom stereocenters. The van der Waals surface area contributed by atoms with E-state index in [1.807, 2.05) is 25.1 Å². The van der Waals surface area contributed by atoms with Crippen LogP contribution in [0.25, 0.3) is 5.65 Å². The van der Waals surface area contributed by atoms with Crippen molar-refractivity contribution in [2.75, 3.05) is 36.0 Å². The van der Waals surface area contributed by atoms with E-state index in [-0.39, 0.29) is 23.7 Å². The number of nitrogens with one attached hydrogen (secondary N) is 1. The second-order valence-electron chi connectivity index (χ2n) is 8.73. The Kier molecular flexibility index (Phi) is 5.59. The van der Waals surface area contributed by atoms with Gasteiger partial charge in [0, 0.05) is 38.1 Å². The summed E-state index contributed by atoms with van der Waals surface area (Å²) in [4.78, 5) is 17.2. The highest BCUT2D eigenvalue weighted by atomic mass is 19.1. The van der Waals surface area contributed by atoms with Crippen LogP contribution in [-0.2, 0) is 4.79 Å². The van der Waals surface area contributed by atoms with Gasteiger partial charge in [0.15, 0.2) is 11.5 Å². The number of aryl methyl sites for hydroxylation is 1. The van der Waals surface area contributed by atoms with Crippen molar-refractivity contribution in [2.24, 2.45) is 5.92 Å². The van der Waals surface area contributed by atoms with Gasteiger partial charge in [-0.25, -0.2) is 4.39 Å². The number of aromatic nitrogens is 5. The van der Waals surface area contributed by atoms with Crippen molar-refractivity contribution >= 4 is 23.1 Å². The van der Waals surface area contributed by atoms with Crippen LogP contribution in [0.3, 0.4) is 0 Å². The summed E-state index contributed by atoms with van der Waals surface area (Å²) in [6.07, 6.45) is 3.39. The number of nitrogens with zero attached hydrogens (tertiary/aromatic N) is 7. The zero-order chi connectivity index (χ0) is 22.1. The summed E-state index contributed by atoms with van der Waals surface area (Å²) in [5, 5.41) is 19.0. The number of halogens is 1. The Hall–Kier alpha value is -3.30. The number of piperidine rings is 2. The summed E-state index contributed by atoms with van der Waals surface area (Å²) in [5.74, 6) is 0.689. The van der Waals surface area contributed by atoms with E-state index in [9.17, 15) is 9.18 Å². The summed E-state index contributed by atoms with van der Waals surface area (Å²) >= 11 is 0. The number of anilines is 2. The largest absolute Gasteiger partial charge is 0.367 e. The molecule has 2 aromatic heterocycles. The maximum Gasteiger partial charge on any atom is 0.223 e. The second kappa shape index (κ2) is 8.68. The van der Waals surface area contributed by atoms with Gasteiger partial charge in [0.1, 0.15) is 5.82 Å². The molecule has 168 valence electrons. The Labute approximate surface area is 185 Å². The highest BCUT2D eigenvalue weighted by Gasteiger charge is 2.29. The molecule has 0 spiro atoms. The monoisotopic (exact) mass is 438 g/mol. The number of carbonyl (C=O) groups is 1. The lowest BCUT2D eigenvalue weighted by Gasteiger charge is -2.37. The van der Waals surface area contributed by atoms with Gasteiger partial charge in [-0.15, -0.1) is 14.8 Å². The SMILES string of the molecule is Cc1ccc(F)c(N2CCCC(NC(=O)C3CCN(c4ccc5nnnn5n4)CC3)C2)c1. The molecule has 2 aliphatic heterocycles. The molecule has 1 aromatic carbocycles. The molecule has 0 aliphatic carbocycles. The predicted octanol–water partition coefficient (Wildman–Crippen LogP) is 1.97. The topological polar surface area (TPSA) is 91.5 Å². The predicted molar refractivity (Wildman–Crippen MR) is 118 cm³/mol. The summed E-state index contributed by atoms with van der Waals surface area (Å²) in [6, 6.07) is 8.98. The molecule has 2 aliphatic rings. The first-order valence-electron chi connectivity index (χ1n) is 11.2. The van der Waals surface area contributed by atoms with Crippen LogP contribution in [0.1, 0.15) is 31.2 Å². The quantitative estimate of drug-likeness (QED) is 0.666. The molecule has 9 nitrogen and oxygen atoms in total. The van der Waals surface area contributed by atoms with Gasteiger partial charge in [-0.3, -0.25) is 4.79 Å². The van der Waals surface area contributed by atoms with Gasteiger partial charge >= 0.3 is 0 Å². The first kappa shape index (κ1) is 20.6. The van der Waals surface area contributed by atoms with E-state index in [4.69, 9.17) is 0 Å². The molecule has 0 saturated carbocycles. The third kappa shape index (κ3) is 4.21. The van der Waals surface area contributed by atoms with Crippen molar-refractivity contribution in [1.82, 2.24) is 30.6 Å². The van der Waals surface area contributed by atoms with Crippen LogP contribution in [0.5, 0.6) is 0 Å². The van der Waals surface area contributed by atoms with Gasteiger partial charge in [-0.05, 0) is 72.9 Å². The highest BCUT2D eigenvalue weighted by molar-refractivity contribution is 5.79. The fourth-order valence-corrected chi connectivity index (χ4v) is 4.68. The molecule has 4 heterocycles. The smallest absolute Gasteiger partial charge is 0.223 e. The average Bonchev–Trinajstić information content (AvgIpc) is 3.29. The minimum Gasteiger partial charge on any atom is -0.367 e. The highest BCUT2D eigenvalue weighted by Crippen LogP contribution is 2.26. The molecule has 0 radical (unpaired) electrons. The van der Waals surface area contributed by atoms with E-state index in [1.165, 1.54) is 10.7 Å². The fourth-order valence-electron chi connectivity index (χ4n) is 4.68. The van der Waals surface area contributed by atoms with Gasteiger partial charge < -0.3 is 15.1 Å². The van der Waals surface area contributed by atoms with E-state index in [2.05, 4.69) is 35.7 Å². The first-order chi connectivity index (χ1) is 15.6. The molecule has 32 heavy (non-hydrogen) atoms. The van der Waals surface area contributed by atoms with E-state index in [0.717, 1.165) is 56.7 Å². The van der Waals surface area contributed by atoms with Crippen LogP contribution in [0, 0.1) is 18.7 Å². The molecular formula is C22H27FN8O. The number of fused-ring (bicyclic) bond motifs is 1. The molecule has 1 unspecified atom stereocenters. The number of hydrogen-bond acceptors (Lipinski definition) is 7. The van der Waals surface area contributed by atoms with Crippen LogP contribution >= 0.6 is 0 Å². The number of hydrogen-bond donors (Lipinski definition) is 1. The van der Waals surface area contributed by atoms with Crippen LogP contribution in [0.4, 0.5) is 15.9 Å². The summed E-state index contributed by atoms with van der Waals surface area (Å²) in [6.45, 7) is 4.92. The maximum atomic E-state index is 14.3. The molecule has 2 fully saturated rings. The van der Waals surface area contributed by atoms with Gasteiger partial charge in [0.05, 0.1) is 5.69 Å². The Morgan fingerprint density at radius 2 is 1.94 bits per heavy atom. The number of benzene rings is 1. The molecular weight excluding hydrogens is 411 g/mol. The zero-order valence-corrected chi connectivity index (χ0v) is 18.1. The standard InChI is InChI=1S/C22H27FN8O/c1-15-4-5-18(23)19(13-15)30-10-2-3-17(14-30)24-22(32)16-8-11-29(12-9-16)21-7-6-20-25-27-28-31(20)26-21/h4-7,13,16-17H,2-3,8-12,14H2,1H3,(H,24,32). The summed E-state index contributed by atoms with van der Waals surface area (Å²) < 4.78 is 15.7. The van der Waals surface area contributed by atoms with Crippen LogP contribution in [0.15, 0.2) is 30.3 Å². The zero-order valence-electron chi connectivity index (χ0n) is 18.1. The van der Waals surface area contributed by atoms with E-state index in [1.54, 1.807) is 6.07 Å². The van der Waals surface area contributed by atoms with Crippen LogP contribution in [0.2, 0.25) is 0 Å². The van der Waals surface area contributed by atoms with Gasteiger partial charge in [-0.1, -0.05) is 6.07 Å². The summed E-state index contributed by atoms with van der Waals surface area (Å²) in [7, 11) is 0. The third-order valence-electron chi connectivity index (χ3n) is 6.46. The normalized spacial score (nSPS) is 20.0. The Bertz CT molecular complexity index is 1110. The van der Waals surface area contributed by atoms with Crippen molar-refractivity contribution in [3.8, 4) is 0 Å². The average molecular weight is 439 g/mol. The van der Waals surface area contributed by atoms with E-state index >= 15 is 0 Å². The minimum atomic E-state index is -0.205. The molecule has 3 aromatic rings. The fraction of sp³-hybridized carbons (Fsp3) is 0.500. The third-order valence-corrected chi connectivity index (χ3v) is 6.46. The van der Waals surface area contributed by atoms with Crippen molar-refractivity contribution < 1.29 is 9.18 Å². The lowest BCUT2D eigenvalue weighted by Crippen LogP contribution is -2.50. The second-order valence-corrected chi connectivity index (χ2v) is 8.73. The number of tetrazole rings is 1. The molecule has 2 saturated heterocycles. The molecule has 10 heteroatoms. The lowest BCUT2D eigenvalue weighted by atomic mass is 9.94.